The number of amides is 2. The molecule has 0 bridgehead atoms. The summed E-state index contributed by atoms with van der Waals surface area (Å²) in [5.74, 6) is -2.68. The maximum atomic E-state index is 12.7. The van der Waals surface area contributed by atoms with Gasteiger partial charge < -0.3 is 16.2 Å². The molecule has 0 spiro atoms. The van der Waals surface area contributed by atoms with E-state index in [4.69, 9.17) is 17.3 Å². The smallest absolute Gasteiger partial charge is 0.353 e. The highest BCUT2D eigenvalue weighted by Gasteiger charge is 2.54. The van der Waals surface area contributed by atoms with E-state index in [0.29, 0.717) is 22.8 Å². The highest BCUT2D eigenvalue weighted by molar-refractivity contribution is 8.03. The van der Waals surface area contributed by atoms with Gasteiger partial charge in [-0.05, 0) is 18.0 Å². The van der Waals surface area contributed by atoms with Crippen LogP contribution in [0.5, 0.6) is 0 Å². The third kappa shape index (κ3) is 3.91. The Kier molecular flexibility index (Phi) is 5.96. The van der Waals surface area contributed by atoms with Crippen LogP contribution >= 0.6 is 46.0 Å². The lowest BCUT2D eigenvalue weighted by atomic mass is 9.86. The van der Waals surface area contributed by atoms with E-state index in [0.717, 1.165) is 11.3 Å². The van der Waals surface area contributed by atoms with Crippen molar-refractivity contribution in [2.24, 2.45) is 5.18 Å². The van der Waals surface area contributed by atoms with Crippen molar-refractivity contribution in [3.05, 3.63) is 36.4 Å². The number of carboxylic acids is 1. The Balaban J connectivity index is 1.52. The van der Waals surface area contributed by atoms with Crippen LogP contribution < -0.4 is 11.1 Å². The zero-order chi connectivity index (χ0) is 22.3. The Morgan fingerprint density at radius 2 is 2.26 bits per heavy atom. The molecule has 2 aromatic heterocycles. The number of fused-ring (bicyclic) bond motifs is 1. The molecule has 0 aromatic carbocycles. The number of nitroso groups, excluding NO2 is 1. The largest absolute Gasteiger partial charge is 0.477 e. The number of nitrogens with zero attached hydrogens (tertiary/aromatic N) is 4. The third-order valence-corrected chi connectivity index (χ3v) is 7.69. The van der Waals surface area contributed by atoms with Crippen LogP contribution in [-0.4, -0.2) is 49.8 Å². The number of nitrogens with one attached hydrogen (secondary N) is 1. The van der Waals surface area contributed by atoms with Crippen LogP contribution in [0.2, 0.25) is 4.34 Å². The predicted octanol–water partition coefficient (Wildman–Crippen LogP) is 2.22. The number of allylic oxidation sites excluding steroid dienone is 1. The summed E-state index contributed by atoms with van der Waals surface area (Å²) in [7, 11) is 0. The van der Waals surface area contributed by atoms with Gasteiger partial charge in [-0.2, -0.15) is 0 Å². The number of rotatable bonds is 7. The van der Waals surface area contributed by atoms with Crippen LogP contribution in [0.25, 0.3) is 0 Å². The zero-order valence-corrected chi connectivity index (χ0v) is 18.6. The van der Waals surface area contributed by atoms with Crippen LogP contribution in [0.4, 0.5) is 5.13 Å². The van der Waals surface area contributed by atoms with Gasteiger partial charge in [-0.25, -0.2) is 14.8 Å². The Bertz CT molecular complexity index is 1100. The lowest BCUT2D eigenvalue weighted by molar-refractivity contribution is -0.156. The molecule has 1 fully saturated rings. The van der Waals surface area contributed by atoms with E-state index in [1.54, 1.807) is 10.9 Å². The average Bonchev–Trinajstić information content (AvgIpc) is 3.35. The molecule has 162 valence electrons. The second-order valence-electron chi connectivity index (χ2n) is 6.53. The molecule has 0 aliphatic carbocycles. The number of carboxylic acid groups (broad SMARTS) is 1. The van der Waals surface area contributed by atoms with Crippen LogP contribution in [-0.2, 0) is 14.4 Å². The van der Waals surface area contributed by atoms with E-state index in [-0.39, 0.29) is 20.9 Å². The number of nitrogens with two attached hydrogens (primary N) is 1. The molecule has 0 saturated carbocycles. The maximum Gasteiger partial charge on any atom is 0.353 e. The van der Waals surface area contributed by atoms with Crippen LogP contribution in [0.1, 0.15) is 24.6 Å². The minimum absolute atomic E-state index is 0.0521. The fourth-order valence-corrected chi connectivity index (χ4v) is 6.13. The normalized spacial score (nSPS) is 21.3. The number of thioether (sulfide) groups is 1. The van der Waals surface area contributed by atoms with Gasteiger partial charge in [0.25, 0.3) is 11.8 Å². The van der Waals surface area contributed by atoms with Gasteiger partial charge in [-0.1, -0.05) is 34.7 Å². The van der Waals surface area contributed by atoms with Gasteiger partial charge in [0, 0.05) is 10.3 Å². The molecule has 3 unspecified atom stereocenters. The SMILES string of the molecule is Nc1nc(C(N=O)C(=O)NC2C(=O)N3C(C(=O)O)=C(Sc4cscn4)CCC23)c(Cl)s1. The second kappa shape index (κ2) is 8.53. The van der Waals surface area contributed by atoms with Gasteiger partial charge in [0.1, 0.15) is 26.8 Å². The lowest BCUT2D eigenvalue weighted by Gasteiger charge is -2.50. The summed E-state index contributed by atoms with van der Waals surface area (Å²) < 4.78 is 0.0521. The summed E-state index contributed by atoms with van der Waals surface area (Å²) in [5, 5.41) is 17.4. The van der Waals surface area contributed by atoms with Crippen molar-refractivity contribution in [2.75, 3.05) is 5.73 Å². The highest BCUT2D eigenvalue weighted by Crippen LogP contribution is 2.43. The minimum Gasteiger partial charge on any atom is -0.477 e. The third-order valence-electron chi connectivity index (χ3n) is 4.77. The number of hydrogen-bond acceptors (Lipinski definition) is 11. The van der Waals surface area contributed by atoms with Crippen molar-refractivity contribution < 1.29 is 19.5 Å². The number of carbonyl (C=O) groups is 3. The summed E-state index contributed by atoms with van der Waals surface area (Å²) in [6.07, 6.45) is 0.831. The van der Waals surface area contributed by atoms with Crippen LogP contribution in [0, 0.1) is 4.91 Å². The summed E-state index contributed by atoms with van der Waals surface area (Å²) in [4.78, 5) is 58.2. The van der Waals surface area contributed by atoms with Gasteiger partial charge >= 0.3 is 5.97 Å². The molecular weight excluding hydrogens is 488 g/mol. The van der Waals surface area contributed by atoms with Crippen molar-refractivity contribution in [3.8, 4) is 0 Å². The van der Waals surface area contributed by atoms with E-state index in [1.807, 2.05) is 0 Å². The number of hydrogen-bond donors (Lipinski definition) is 3. The summed E-state index contributed by atoms with van der Waals surface area (Å²) in [5.41, 5.74) is 6.97. The van der Waals surface area contributed by atoms with Crippen molar-refractivity contribution >= 4 is 69.0 Å². The predicted molar refractivity (Wildman–Crippen MR) is 115 cm³/mol. The van der Waals surface area contributed by atoms with Crippen molar-refractivity contribution in [1.29, 1.82) is 0 Å². The highest BCUT2D eigenvalue weighted by atomic mass is 35.5. The Morgan fingerprint density at radius 3 is 2.84 bits per heavy atom. The van der Waals surface area contributed by atoms with Crippen molar-refractivity contribution in [1.82, 2.24) is 20.2 Å². The number of anilines is 1. The first-order valence-corrected chi connectivity index (χ1v) is 11.7. The second-order valence-corrected chi connectivity index (χ2v) is 9.99. The number of aliphatic carboxylic acids is 1. The molecule has 0 radical (unpaired) electrons. The summed E-state index contributed by atoms with van der Waals surface area (Å²) in [6.45, 7) is 0. The average molecular weight is 501 g/mol. The first-order chi connectivity index (χ1) is 14.8. The number of aromatic nitrogens is 2. The Labute approximate surface area is 191 Å². The molecule has 4 heterocycles. The van der Waals surface area contributed by atoms with E-state index < -0.39 is 35.9 Å². The Morgan fingerprint density at radius 1 is 1.48 bits per heavy atom. The van der Waals surface area contributed by atoms with Crippen molar-refractivity contribution in [3.63, 3.8) is 0 Å². The number of thiazole rings is 2. The molecule has 31 heavy (non-hydrogen) atoms. The van der Waals surface area contributed by atoms with Gasteiger partial charge in [0.05, 0.1) is 11.6 Å². The molecule has 11 nitrogen and oxygen atoms in total. The minimum atomic E-state index is -1.57. The standard InChI is InChI=1S/C16H13ClN6O5S3/c17-12-9(21-16(18)31-12)10(22-28)13(24)20-8-5-1-2-6(30-7-3-29-4-19-7)11(15(26)27)23(5)14(8)25/h3-5,8,10H,1-2H2,(H2,18,21)(H,20,24)(H,26,27). The summed E-state index contributed by atoms with van der Waals surface area (Å²) in [6, 6.07) is -3.10. The van der Waals surface area contributed by atoms with E-state index in [2.05, 4.69) is 20.5 Å². The van der Waals surface area contributed by atoms with E-state index in [9.17, 15) is 24.4 Å². The van der Waals surface area contributed by atoms with Gasteiger partial charge in [0.15, 0.2) is 5.13 Å². The monoisotopic (exact) mass is 500 g/mol. The van der Waals surface area contributed by atoms with Gasteiger partial charge in [0.2, 0.25) is 6.04 Å². The molecule has 4 N–H and O–H groups in total. The van der Waals surface area contributed by atoms with Gasteiger partial charge in [-0.15, -0.1) is 16.2 Å². The van der Waals surface area contributed by atoms with Crippen molar-refractivity contribution in [2.45, 2.75) is 36.0 Å². The van der Waals surface area contributed by atoms with Gasteiger partial charge in [-0.3, -0.25) is 14.5 Å². The number of halogens is 1. The lowest BCUT2D eigenvalue weighted by Crippen LogP contribution is -2.71. The first kappa shape index (κ1) is 21.7. The molecule has 15 heteroatoms. The van der Waals surface area contributed by atoms with Crippen LogP contribution in [0.3, 0.4) is 0 Å². The molecule has 2 aromatic rings. The molecule has 2 aliphatic rings. The fraction of sp³-hybridized carbons (Fsp3) is 0.312. The number of nitrogen functional groups attached to an aromatic ring is 1. The first-order valence-electron chi connectivity index (χ1n) is 8.72. The van der Waals surface area contributed by atoms with E-state index >= 15 is 0 Å². The number of β-lactam (4-membered cyclic amide) rings is 1. The quantitative estimate of drug-likeness (QED) is 0.381. The number of carbonyl (C=O) groups excluding carboxylic acids is 2. The molecular formula is C16H13ClN6O5S3. The molecule has 4 rings (SSSR count). The molecule has 2 amide bonds. The topological polar surface area (TPSA) is 168 Å². The fourth-order valence-electron chi connectivity index (χ4n) is 3.46. The summed E-state index contributed by atoms with van der Waals surface area (Å²) >= 11 is 9.43. The van der Waals surface area contributed by atoms with Crippen LogP contribution in [0.15, 0.2) is 31.7 Å². The molecule has 2 aliphatic heterocycles. The maximum absolute atomic E-state index is 12.7. The zero-order valence-electron chi connectivity index (χ0n) is 15.4. The molecule has 1 saturated heterocycles. The Hall–Kier alpha value is -2.55. The van der Waals surface area contributed by atoms with E-state index in [1.165, 1.54) is 28.0 Å². The molecule has 3 atom stereocenters.